The van der Waals surface area contributed by atoms with Crippen LogP contribution < -0.4 is 10.6 Å². The molecule has 1 unspecified atom stereocenters. The average Bonchev–Trinajstić information content (AvgIpc) is 3.24. The molecule has 0 spiro atoms. The topological polar surface area (TPSA) is 39.7 Å². The Kier molecular flexibility index (Phi) is 9.05. The minimum atomic E-state index is 0. The molecule has 2 N–H and O–H groups in total. The van der Waals surface area contributed by atoms with Gasteiger partial charge in [-0.2, -0.15) is 0 Å². The molecule has 1 saturated heterocycles. The number of piperidine rings is 1. The summed E-state index contributed by atoms with van der Waals surface area (Å²) >= 11 is 0. The third kappa shape index (κ3) is 6.60. The average molecular weight is 422 g/mol. The summed E-state index contributed by atoms with van der Waals surface area (Å²) < 4.78 is 0. The van der Waals surface area contributed by atoms with Gasteiger partial charge in [-0.25, -0.2) is 0 Å². The zero-order valence-corrected chi connectivity index (χ0v) is 17.1. The minimum absolute atomic E-state index is 0. The maximum atomic E-state index is 4.86. The van der Waals surface area contributed by atoms with Gasteiger partial charge < -0.3 is 10.6 Å². The highest BCUT2D eigenvalue weighted by Crippen LogP contribution is 2.22. The fraction of sp³-hybridized carbons (Fsp3) is 0.941. The molecule has 2 aliphatic rings. The van der Waals surface area contributed by atoms with Crippen molar-refractivity contribution >= 4 is 29.9 Å². The molecule has 5 heteroatoms. The van der Waals surface area contributed by atoms with Gasteiger partial charge in [0.05, 0.1) is 6.54 Å². The van der Waals surface area contributed by atoms with E-state index in [2.05, 4.69) is 43.2 Å². The van der Waals surface area contributed by atoms with Gasteiger partial charge in [0.2, 0.25) is 0 Å². The molecule has 1 saturated carbocycles. The van der Waals surface area contributed by atoms with Gasteiger partial charge in [-0.05, 0) is 57.5 Å². The number of hydrogen-bond acceptors (Lipinski definition) is 2. The standard InChI is InChI=1S/C17H34N4.HI/c1-5-18-17(20-15-6-7-15)19-12-16(13(2)3)21-10-8-14(4)9-11-21;/h13-16H,5-12H2,1-4H3,(H2,18,19,20);1H. The first kappa shape index (κ1) is 20.0. The van der Waals surface area contributed by atoms with E-state index in [1.165, 1.54) is 38.8 Å². The molecule has 130 valence electrons. The molecular formula is C17H35IN4. The Labute approximate surface area is 153 Å². The van der Waals surface area contributed by atoms with Crippen LogP contribution in [0.25, 0.3) is 0 Å². The fourth-order valence-corrected chi connectivity index (χ4v) is 3.03. The van der Waals surface area contributed by atoms with Gasteiger partial charge in [0.15, 0.2) is 5.96 Å². The van der Waals surface area contributed by atoms with Gasteiger partial charge in [-0.3, -0.25) is 9.89 Å². The summed E-state index contributed by atoms with van der Waals surface area (Å²) in [7, 11) is 0. The van der Waals surface area contributed by atoms with Crippen LogP contribution in [-0.4, -0.2) is 49.1 Å². The summed E-state index contributed by atoms with van der Waals surface area (Å²) in [5.41, 5.74) is 0. The van der Waals surface area contributed by atoms with Crippen LogP contribution in [0.15, 0.2) is 4.99 Å². The van der Waals surface area contributed by atoms with Crippen LogP contribution >= 0.6 is 24.0 Å². The highest BCUT2D eigenvalue weighted by molar-refractivity contribution is 14.0. The molecule has 0 radical (unpaired) electrons. The van der Waals surface area contributed by atoms with Crippen LogP contribution in [-0.2, 0) is 0 Å². The number of halogens is 1. The molecule has 0 bridgehead atoms. The minimum Gasteiger partial charge on any atom is -0.357 e. The predicted octanol–water partition coefficient (Wildman–Crippen LogP) is 3.08. The lowest BCUT2D eigenvalue weighted by atomic mass is 9.94. The van der Waals surface area contributed by atoms with Crippen molar-refractivity contribution in [1.82, 2.24) is 15.5 Å². The zero-order chi connectivity index (χ0) is 15.2. The first-order valence-corrected chi connectivity index (χ1v) is 8.89. The van der Waals surface area contributed by atoms with Gasteiger partial charge in [-0.1, -0.05) is 20.8 Å². The normalized spacial score (nSPS) is 22.3. The molecule has 0 aromatic rings. The number of guanidine groups is 1. The molecular weight excluding hydrogens is 387 g/mol. The first-order valence-electron chi connectivity index (χ1n) is 8.89. The molecule has 22 heavy (non-hydrogen) atoms. The smallest absolute Gasteiger partial charge is 0.191 e. The maximum Gasteiger partial charge on any atom is 0.191 e. The highest BCUT2D eigenvalue weighted by atomic mass is 127. The summed E-state index contributed by atoms with van der Waals surface area (Å²) in [6.45, 7) is 13.5. The van der Waals surface area contributed by atoms with Gasteiger partial charge in [0.25, 0.3) is 0 Å². The van der Waals surface area contributed by atoms with Crippen LogP contribution in [0.4, 0.5) is 0 Å². The molecule has 4 nitrogen and oxygen atoms in total. The van der Waals surface area contributed by atoms with Gasteiger partial charge in [0, 0.05) is 18.6 Å². The number of likely N-dealkylation sites (tertiary alicyclic amines) is 1. The molecule has 1 aliphatic heterocycles. The Hall–Kier alpha value is -0.0400. The Bertz CT molecular complexity index is 334. The lowest BCUT2D eigenvalue weighted by Gasteiger charge is -2.38. The number of hydrogen-bond donors (Lipinski definition) is 2. The van der Waals surface area contributed by atoms with E-state index in [0.29, 0.717) is 18.0 Å². The third-order valence-corrected chi connectivity index (χ3v) is 4.76. The van der Waals surface area contributed by atoms with Crippen molar-refractivity contribution in [3.63, 3.8) is 0 Å². The van der Waals surface area contributed by atoms with E-state index in [9.17, 15) is 0 Å². The first-order chi connectivity index (χ1) is 10.1. The number of nitrogens with zero attached hydrogens (tertiary/aromatic N) is 2. The van der Waals surface area contributed by atoms with Crippen LogP contribution in [0.3, 0.4) is 0 Å². The Morgan fingerprint density at radius 1 is 1.18 bits per heavy atom. The summed E-state index contributed by atoms with van der Waals surface area (Å²) in [5.74, 6) is 2.56. The van der Waals surface area contributed by atoms with Gasteiger partial charge in [-0.15, -0.1) is 24.0 Å². The van der Waals surface area contributed by atoms with Crippen molar-refractivity contribution in [1.29, 1.82) is 0 Å². The second-order valence-corrected chi connectivity index (χ2v) is 7.17. The van der Waals surface area contributed by atoms with Crippen molar-refractivity contribution in [2.75, 3.05) is 26.2 Å². The third-order valence-electron chi connectivity index (χ3n) is 4.76. The molecule has 0 amide bonds. The molecule has 1 aliphatic carbocycles. The predicted molar refractivity (Wildman–Crippen MR) is 106 cm³/mol. The number of rotatable bonds is 6. The second-order valence-electron chi connectivity index (χ2n) is 7.17. The van der Waals surface area contributed by atoms with E-state index in [0.717, 1.165) is 25.0 Å². The van der Waals surface area contributed by atoms with Crippen LogP contribution in [0, 0.1) is 11.8 Å². The molecule has 2 rings (SSSR count). The van der Waals surface area contributed by atoms with Crippen molar-refractivity contribution in [3.05, 3.63) is 0 Å². The fourth-order valence-electron chi connectivity index (χ4n) is 3.03. The summed E-state index contributed by atoms with van der Waals surface area (Å²) in [5, 5.41) is 6.90. The van der Waals surface area contributed by atoms with Crippen LogP contribution in [0.1, 0.15) is 53.4 Å². The van der Waals surface area contributed by atoms with Crippen LogP contribution in [0.5, 0.6) is 0 Å². The number of aliphatic imine (C=N–C) groups is 1. The largest absolute Gasteiger partial charge is 0.357 e. The van der Waals surface area contributed by atoms with E-state index in [1.807, 2.05) is 0 Å². The Morgan fingerprint density at radius 3 is 2.32 bits per heavy atom. The van der Waals surface area contributed by atoms with Gasteiger partial charge in [0.1, 0.15) is 0 Å². The SMILES string of the molecule is CCNC(=NCC(C(C)C)N1CCC(C)CC1)NC1CC1.I. The summed E-state index contributed by atoms with van der Waals surface area (Å²) in [6, 6.07) is 1.24. The second kappa shape index (κ2) is 9.96. The van der Waals surface area contributed by atoms with E-state index >= 15 is 0 Å². The molecule has 1 heterocycles. The number of nitrogens with one attached hydrogen (secondary N) is 2. The molecule has 1 atom stereocenters. The molecule has 0 aromatic heterocycles. The Balaban J connectivity index is 0.00000242. The van der Waals surface area contributed by atoms with Crippen molar-refractivity contribution < 1.29 is 0 Å². The monoisotopic (exact) mass is 422 g/mol. The molecule has 0 aromatic carbocycles. The lowest BCUT2D eigenvalue weighted by Crippen LogP contribution is -2.46. The van der Waals surface area contributed by atoms with E-state index in [4.69, 9.17) is 4.99 Å². The zero-order valence-electron chi connectivity index (χ0n) is 14.8. The van der Waals surface area contributed by atoms with E-state index < -0.39 is 0 Å². The van der Waals surface area contributed by atoms with Crippen LogP contribution in [0.2, 0.25) is 0 Å². The van der Waals surface area contributed by atoms with Crippen molar-refractivity contribution in [2.45, 2.75) is 65.5 Å². The lowest BCUT2D eigenvalue weighted by molar-refractivity contribution is 0.113. The van der Waals surface area contributed by atoms with E-state index in [-0.39, 0.29) is 24.0 Å². The quantitative estimate of drug-likeness (QED) is 0.393. The van der Waals surface area contributed by atoms with Crippen molar-refractivity contribution in [2.24, 2.45) is 16.8 Å². The summed E-state index contributed by atoms with van der Waals surface area (Å²) in [4.78, 5) is 7.52. The maximum absolute atomic E-state index is 4.86. The summed E-state index contributed by atoms with van der Waals surface area (Å²) in [6.07, 6.45) is 5.27. The Morgan fingerprint density at radius 2 is 1.82 bits per heavy atom. The molecule has 2 fully saturated rings. The van der Waals surface area contributed by atoms with E-state index in [1.54, 1.807) is 0 Å². The van der Waals surface area contributed by atoms with Crippen molar-refractivity contribution in [3.8, 4) is 0 Å². The highest BCUT2D eigenvalue weighted by Gasteiger charge is 2.26. The van der Waals surface area contributed by atoms with Gasteiger partial charge >= 0.3 is 0 Å².